The molecule has 3 aliphatic rings. The predicted molar refractivity (Wildman–Crippen MR) is 128 cm³/mol. The van der Waals surface area contributed by atoms with Gasteiger partial charge in [-0.1, -0.05) is 6.07 Å². The lowest BCUT2D eigenvalue weighted by Crippen LogP contribution is -2.36. The van der Waals surface area contributed by atoms with Crippen LogP contribution >= 0.6 is 0 Å². The number of methoxy groups -OCH3 is 2. The van der Waals surface area contributed by atoms with Gasteiger partial charge in [0.25, 0.3) is 11.7 Å². The van der Waals surface area contributed by atoms with Crippen LogP contribution in [0.1, 0.15) is 42.5 Å². The highest BCUT2D eigenvalue weighted by Gasteiger charge is 2.47. The fourth-order valence-electron chi connectivity index (χ4n) is 5.17. The third-order valence-corrected chi connectivity index (χ3v) is 6.86. The molecule has 0 unspecified atom stereocenters. The van der Waals surface area contributed by atoms with E-state index in [1.165, 1.54) is 12.0 Å². The molecule has 0 radical (unpaired) electrons. The molecule has 2 aromatic carbocycles. The minimum Gasteiger partial charge on any atom is -0.507 e. The molecule has 2 saturated heterocycles. The number of ether oxygens (including phenoxy) is 4. The number of aliphatic hydroxyl groups is 1. The van der Waals surface area contributed by atoms with Gasteiger partial charge < -0.3 is 29.0 Å². The molecule has 0 spiro atoms. The molecule has 8 nitrogen and oxygen atoms in total. The van der Waals surface area contributed by atoms with Gasteiger partial charge in [0.2, 0.25) is 0 Å². The number of nitrogens with zero attached hydrogens (tertiary/aromatic N) is 1. The summed E-state index contributed by atoms with van der Waals surface area (Å²) < 4.78 is 22.4. The number of hydrogen-bond donors (Lipinski definition) is 1. The molecule has 2 fully saturated rings. The van der Waals surface area contributed by atoms with Crippen molar-refractivity contribution in [2.24, 2.45) is 0 Å². The van der Waals surface area contributed by atoms with Gasteiger partial charge in [-0.15, -0.1) is 0 Å². The van der Waals surface area contributed by atoms with Crippen molar-refractivity contribution < 1.29 is 33.6 Å². The number of rotatable bonds is 6. The monoisotopic (exact) mass is 479 g/mol. The number of benzene rings is 2. The Balaban J connectivity index is 1.62. The number of aliphatic hydroxyl groups excluding tert-OH is 1. The Morgan fingerprint density at radius 1 is 1.11 bits per heavy atom. The number of amides is 1. The molecule has 35 heavy (non-hydrogen) atoms. The van der Waals surface area contributed by atoms with E-state index in [0.29, 0.717) is 35.7 Å². The largest absolute Gasteiger partial charge is 0.507 e. The minimum atomic E-state index is -0.789. The van der Waals surface area contributed by atoms with Crippen LogP contribution in [-0.2, 0) is 20.7 Å². The van der Waals surface area contributed by atoms with Crippen molar-refractivity contribution in [3.8, 4) is 17.2 Å². The van der Waals surface area contributed by atoms with E-state index in [4.69, 9.17) is 18.9 Å². The van der Waals surface area contributed by atoms with Gasteiger partial charge in [0.1, 0.15) is 17.6 Å². The van der Waals surface area contributed by atoms with Gasteiger partial charge in [-0.05, 0) is 61.2 Å². The summed E-state index contributed by atoms with van der Waals surface area (Å²) in [6, 6.07) is 9.80. The first-order valence-corrected chi connectivity index (χ1v) is 11.8. The van der Waals surface area contributed by atoms with Crippen molar-refractivity contribution in [2.75, 3.05) is 27.4 Å². The normalized spacial score (nSPS) is 25.0. The van der Waals surface area contributed by atoms with Gasteiger partial charge in [-0.3, -0.25) is 9.59 Å². The van der Waals surface area contributed by atoms with Crippen molar-refractivity contribution in [2.45, 2.75) is 44.4 Å². The molecule has 0 aromatic heterocycles. The standard InChI is InChI=1S/C27H29NO7/c1-15-11-18-12-17(7-8-20(18)35-15)25(29)23-24(16-6-9-21(32-2)22(13-16)33-3)28(27(31)26(23)30)14-19-5-4-10-34-19/h6-9,12-13,15,19,24,29H,4-5,10-11,14H2,1-3H3/t15-,19-,24-/m1/s1. The second-order valence-electron chi connectivity index (χ2n) is 9.16. The van der Waals surface area contributed by atoms with Crippen LogP contribution in [0.3, 0.4) is 0 Å². The molecule has 0 saturated carbocycles. The number of ketones is 1. The number of fused-ring (bicyclic) bond motifs is 1. The quantitative estimate of drug-likeness (QED) is 0.384. The summed E-state index contributed by atoms with van der Waals surface area (Å²) in [5.74, 6) is 0.187. The van der Waals surface area contributed by atoms with Crippen LogP contribution in [-0.4, -0.2) is 61.3 Å². The maximum absolute atomic E-state index is 13.3. The Bertz CT molecular complexity index is 1200. The van der Waals surface area contributed by atoms with Crippen molar-refractivity contribution >= 4 is 17.4 Å². The van der Waals surface area contributed by atoms with E-state index in [1.807, 2.05) is 13.0 Å². The summed E-state index contributed by atoms with van der Waals surface area (Å²) in [6.07, 6.45) is 2.32. The Morgan fingerprint density at radius 3 is 2.63 bits per heavy atom. The highest BCUT2D eigenvalue weighted by atomic mass is 16.5. The second kappa shape index (κ2) is 9.26. The summed E-state index contributed by atoms with van der Waals surface area (Å²) in [5, 5.41) is 11.4. The third-order valence-electron chi connectivity index (χ3n) is 6.86. The summed E-state index contributed by atoms with van der Waals surface area (Å²) >= 11 is 0. The molecule has 5 rings (SSSR count). The third kappa shape index (κ3) is 4.12. The molecule has 3 aliphatic heterocycles. The van der Waals surface area contributed by atoms with Crippen LogP contribution in [0.15, 0.2) is 42.0 Å². The molecule has 8 heteroatoms. The molecule has 1 amide bonds. The number of carbonyl (C=O) groups is 2. The van der Waals surface area contributed by atoms with E-state index >= 15 is 0 Å². The molecule has 1 N–H and O–H groups in total. The molecular formula is C27H29NO7. The van der Waals surface area contributed by atoms with E-state index < -0.39 is 17.7 Å². The van der Waals surface area contributed by atoms with Crippen molar-refractivity contribution in [3.63, 3.8) is 0 Å². The number of hydrogen-bond acceptors (Lipinski definition) is 7. The smallest absolute Gasteiger partial charge is 0.295 e. The highest BCUT2D eigenvalue weighted by Crippen LogP contribution is 2.43. The van der Waals surface area contributed by atoms with Crippen LogP contribution in [0.25, 0.3) is 5.76 Å². The molecule has 0 bridgehead atoms. The zero-order chi connectivity index (χ0) is 24.7. The van der Waals surface area contributed by atoms with Crippen molar-refractivity contribution in [1.82, 2.24) is 4.90 Å². The Hall–Kier alpha value is -3.52. The molecule has 184 valence electrons. The fourth-order valence-corrected chi connectivity index (χ4v) is 5.17. The summed E-state index contributed by atoms with van der Waals surface area (Å²) in [7, 11) is 3.07. The van der Waals surface area contributed by atoms with Gasteiger partial charge in [-0.2, -0.15) is 0 Å². The lowest BCUT2D eigenvalue weighted by molar-refractivity contribution is -0.140. The van der Waals surface area contributed by atoms with E-state index in [-0.39, 0.29) is 30.1 Å². The first kappa shape index (κ1) is 23.2. The van der Waals surface area contributed by atoms with Gasteiger partial charge in [0.05, 0.1) is 31.9 Å². The zero-order valence-corrected chi connectivity index (χ0v) is 20.1. The maximum atomic E-state index is 13.3. The SMILES string of the molecule is COc1ccc([C@@H]2C(=C(O)c3ccc4c(c3)C[C@@H](C)O4)C(=O)C(=O)N2C[C@H]2CCCO2)cc1OC. The van der Waals surface area contributed by atoms with Gasteiger partial charge in [0.15, 0.2) is 11.5 Å². The van der Waals surface area contributed by atoms with E-state index in [9.17, 15) is 14.7 Å². The summed E-state index contributed by atoms with van der Waals surface area (Å²) in [6.45, 7) is 2.87. The lowest BCUT2D eigenvalue weighted by atomic mass is 9.94. The predicted octanol–water partition coefficient (Wildman–Crippen LogP) is 3.63. The molecule has 3 atom stereocenters. The van der Waals surface area contributed by atoms with Crippen molar-refractivity contribution in [1.29, 1.82) is 0 Å². The lowest BCUT2D eigenvalue weighted by Gasteiger charge is -2.28. The second-order valence-corrected chi connectivity index (χ2v) is 9.16. The minimum absolute atomic E-state index is 0.0474. The fraction of sp³-hybridized carbons (Fsp3) is 0.407. The van der Waals surface area contributed by atoms with Crippen LogP contribution in [0, 0.1) is 0 Å². The average molecular weight is 480 g/mol. The van der Waals surface area contributed by atoms with Gasteiger partial charge in [-0.25, -0.2) is 0 Å². The Labute approximate surface area is 204 Å². The van der Waals surface area contributed by atoms with Crippen molar-refractivity contribution in [3.05, 3.63) is 58.7 Å². The highest BCUT2D eigenvalue weighted by molar-refractivity contribution is 6.46. The van der Waals surface area contributed by atoms with Crippen LogP contribution in [0.4, 0.5) is 0 Å². The van der Waals surface area contributed by atoms with E-state index in [0.717, 1.165) is 24.2 Å². The summed E-state index contributed by atoms with van der Waals surface area (Å²) in [4.78, 5) is 28.1. The van der Waals surface area contributed by atoms with Crippen LogP contribution in [0.2, 0.25) is 0 Å². The topological polar surface area (TPSA) is 94.5 Å². The Kier molecular flexibility index (Phi) is 6.15. The Morgan fingerprint density at radius 2 is 1.91 bits per heavy atom. The zero-order valence-electron chi connectivity index (χ0n) is 20.1. The van der Waals surface area contributed by atoms with E-state index in [2.05, 4.69) is 0 Å². The van der Waals surface area contributed by atoms with E-state index in [1.54, 1.807) is 37.4 Å². The molecular weight excluding hydrogens is 450 g/mol. The molecule has 2 aromatic rings. The number of Topliss-reactive ketones (excluding diaryl/α,β-unsaturated/α-hetero) is 1. The first-order valence-electron chi connectivity index (χ1n) is 11.8. The van der Waals surface area contributed by atoms with Crippen LogP contribution in [0.5, 0.6) is 17.2 Å². The average Bonchev–Trinajstić information content (AvgIpc) is 3.57. The summed E-state index contributed by atoms with van der Waals surface area (Å²) in [5.41, 5.74) is 2.12. The maximum Gasteiger partial charge on any atom is 0.295 e. The number of carbonyl (C=O) groups excluding carboxylic acids is 2. The number of likely N-dealkylation sites (tertiary alicyclic amines) is 1. The first-order chi connectivity index (χ1) is 16.9. The molecule has 3 heterocycles. The van der Waals surface area contributed by atoms with Gasteiger partial charge >= 0.3 is 0 Å². The van der Waals surface area contributed by atoms with Crippen LogP contribution < -0.4 is 14.2 Å². The molecule has 0 aliphatic carbocycles. The van der Waals surface area contributed by atoms with Gasteiger partial charge in [0, 0.05) is 25.1 Å².